The number of carbonyl (C=O) groups is 3. The number of Topliss-reactive ketones (excluding diaryl/α,β-unsaturated/α-hetero) is 1. The van der Waals surface area contributed by atoms with Crippen LogP contribution in [0.1, 0.15) is 26.2 Å². The summed E-state index contributed by atoms with van der Waals surface area (Å²) in [7, 11) is 0. The summed E-state index contributed by atoms with van der Waals surface area (Å²) < 4.78 is 4.87. The number of hydrogen-bond donors (Lipinski definition) is 1. The summed E-state index contributed by atoms with van der Waals surface area (Å²) in [5, 5.41) is 0. The Morgan fingerprint density at radius 2 is 2.25 bits per heavy atom. The third-order valence-electron chi connectivity index (χ3n) is 2.64. The van der Waals surface area contributed by atoms with Gasteiger partial charge in [-0.05, 0) is 19.8 Å². The lowest BCUT2D eigenvalue weighted by Gasteiger charge is -2.20. The number of nitrogens with two attached hydrogens (primary N) is 1. The molecule has 2 N–H and O–H groups in total. The first-order chi connectivity index (χ1) is 7.53. The Bertz CT molecular complexity index is 348. The van der Waals surface area contributed by atoms with E-state index in [9.17, 15) is 14.4 Å². The number of primary amides is 1. The number of ketones is 1. The standard InChI is InChI=1S/C11H15NO4/c1-2-16-10(15)11(7-5-9(12)14)6-3-4-8(11)13/h5,7H,2-4,6H2,1H3,(H2,12,14). The predicted octanol–water partition coefficient (Wildman–Crippen LogP) is 0.330. The summed E-state index contributed by atoms with van der Waals surface area (Å²) in [5.74, 6) is -1.47. The fraction of sp³-hybridized carbons (Fsp3) is 0.545. The van der Waals surface area contributed by atoms with E-state index in [1.165, 1.54) is 6.08 Å². The van der Waals surface area contributed by atoms with Gasteiger partial charge >= 0.3 is 5.97 Å². The average molecular weight is 225 g/mol. The molecule has 0 saturated heterocycles. The summed E-state index contributed by atoms with van der Waals surface area (Å²) in [6.07, 6.45) is 3.68. The fourth-order valence-corrected chi connectivity index (χ4v) is 1.83. The highest BCUT2D eigenvalue weighted by molar-refractivity contribution is 6.08. The molecule has 0 heterocycles. The zero-order valence-electron chi connectivity index (χ0n) is 9.19. The van der Waals surface area contributed by atoms with Gasteiger partial charge in [-0.25, -0.2) is 0 Å². The Balaban J connectivity index is 2.98. The molecule has 1 unspecified atom stereocenters. The smallest absolute Gasteiger partial charge is 0.323 e. The van der Waals surface area contributed by atoms with E-state index in [0.717, 1.165) is 6.08 Å². The molecular formula is C11H15NO4. The molecule has 88 valence electrons. The molecule has 1 fully saturated rings. The van der Waals surface area contributed by atoms with Crippen LogP contribution in [0.3, 0.4) is 0 Å². The van der Waals surface area contributed by atoms with Crippen molar-refractivity contribution in [2.75, 3.05) is 6.61 Å². The highest BCUT2D eigenvalue weighted by Crippen LogP contribution is 2.37. The monoisotopic (exact) mass is 225 g/mol. The molecule has 5 heteroatoms. The highest BCUT2D eigenvalue weighted by Gasteiger charge is 2.47. The molecule has 0 bridgehead atoms. The first-order valence-electron chi connectivity index (χ1n) is 5.22. The second-order valence-corrected chi connectivity index (χ2v) is 3.70. The summed E-state index contributed by atoms with van der Waals surface area (Å²) in [5.41, 5.74) is 3.67. The van der Waals surface area contributed by atoms with E-state index in [2.05, 4.69) is 0 Å². The second-order valence-electron chi connectivity index (χ2n) is 3.70. The summed E-state index contributed by atoms with van der Waals surface area (Å²) in [6, 6.07) is 0. The van der Waals surface area contributed by atoms with Gasteiger partial charge in [0.1, 0.15) is 5.41 Å². The Morgan fingerprint density at radius 3 is 2.69 bits per heavy atom. The number of esters is 1. The lowest BCUT2D eigenvalue weighted by atomic mass is 9.84. The van der Waals surface area contributed by atoms with Crippen molar-refractivity contribution in [3.8, 4) is 0 Å². The molecule has 1 aliphatic rings. The predicted molar refractivity (Wildman–Crippen MR) is 56.3 cm³/mol. The van der Waals surface area contributed by atoms with E-state index in [1.54, 1.807) is 6.92 Å². The van der Waals surface area contributed by atoms with Gasteiger partial charge < -0.3 is 10.5 Å². The van der Waals surface area contributed by atoms with Crippen LogP contribution in [0.5, 0.6) is 0 Å². The van der Waals surface area contributed by atoms with Crippen LogP contribution in [0.25, 0.3) is 0 Å². The zero-order chi connectivity index (χ0) is 12.2. The average Bonchev–Trinajstić information content (AvgIpc) is 2.58. The zero-order valence-corrected chi connectivity index (χ0v) is 9.19. The molecule has 0 aromatic rings. The van der Waals surface area contributed by atoms with E-state index in [-0.39, 0.29) is 12.4 Å². The first-order valence-corrected chi connectivity index (χ1v) is 5.22. The number of rotatable bonds is 4. The van der Waals surface area contributed by atoms with Crippen molar-refractivity contribution in [2.45, 2.75) is 26.2 Å². The molecule has 0 aliphatic heterocycles. The maximum atomic E-state index is 11.7. The minimum atomic E-state index is -1.29. The van der Waals surface area contributed by atoms with Crippen LogP contribution < -0.4 is 5.73 Å². The van der Waals surface area contributed by atoms with Crippen LogP contribution in [0.15, 0.2) is 12.2 Å². The maximum Gasteiger partial charge on any atom is 0.323 e. The molecule has 0 spiro atoms. The van der Waals surface area contributed by atoms with Crippen molar-refractivity contribution in [1.82, 2.24) is 0 Å². The molecule has 5 nitrogen and oxygen atoms in total. The topological polar surface area (TPSA) is 86.5 Å². The largest absolute Gasteiger partial charge is 0.465 e. The Kier molecular flexibility index (Phi) is 3.82. The second kappa shape index (κ2) is 4.92. The lowest BCUT2D eigenvalue weighted by molar-refractivity contribution is -0.155. The Labute approximate surface area is 93.6 Å². The van der Waals surface area contributed by atoms with E-state index < -0.39 is 17.3 Å². The van der Waals surface area contributed by atoms with Crippen LogP contribution in [0.2, 0.25) is 0 Å². The summed E-state index contributed by atoms with van der Waals surface area (Å²) >= 11 is 0. The SMILES string of the molecule is CCOC(=O)C1(C=CC(N)=O)CCCC1=O. The van der Waals surface area contributed by atoms with Crippen LogP contribution >= 0.6 is 0 Å². The number of ether oxygens (including phenoxy) is 1. The number of hydrogen-bond acceptors (Lipinski definition) is 4. The molecule has 0 radical (unpaired) electrons. The molecule has 1 aliphatic carbocycles. The van der Waals surface area contributed by atoms with Gasteiger partial charge in [0, 0.05) is 12.5 Å². The minimum Gasteiger partial charge on any atom is -0.465 e. The van der Waals surface area contributed by atoms with Gasteiger partial charge in [-0.15, -0.1) is 0 Å². The molecule has 1 rings (SSSR count). The van der Waals surface area contributed by atoms with Crippen molar-refractivity contribution < 1.29 is 19.1 Å². The van der Waals surface area contributed by atoms with Crippen LogP contribution in [-0.4, -0.2) is 24.3 Å². The quantitative estimate of drug-likeness (QED) is 0.424. The summed E-state index contributed by atoms with van der Waals surface area (Å²) in [6.45, 7) is 1.88. The van der Waals surface area contributed by atoms with Gasteiger partial charge in [-0.2, -0.15) is 0 Å². The van der Waals surface area contributed by atoms with Crippen LogP contribution in [-0.2, 0) is 19.1 Å². The molecule has 1 atom stereocenters. The molecule has 0 aromatic carbocycles. The number of amides is 1. The van der Waals surface area contributed by atoms with E-state index in [1.807, 2.05) is 0 Å². The van der Waals surface area contributed by atoms with E-state index in [4.69, 9.17) is 10.5 Å². The third kappa shape index (κ3) is 2.29. The number of carbonyl (C=O) groups excluding carboxylic acids is 3. The Morgan fingerprint density at radius 1 is 1.56 bits per heavy atom. The molecule has 16 heavy (non-hydrogen) atoms. The molecule has 1 saturated carbocycles. The van der Waals surface area contributed by atoms with Gasteiger partial charge in [-0.3, -0.25) is 14.4 Å². The summed E-state index contributed by atoms with van der Waals surface area (Å²) in [4.78, 5) is 34.1. The highest BCUT2D eigenvalue weighted by atomic mass is 16.5. The Hall–Kier alpha value is -1.65. The normalized spacial score (nSPS) is 24.9. The van der Waals surface area contributed by atoms with Crippen molar-refractivity contribution in [3.05, 3.63) is 12.2 Å². The van der Waals surface area contributed by atoms with Gasteiger partial charge in [-0.1, -0.05) is 6.08 Å². The van der Waals surface area contributed by atoms with E-state index >= 15 is 0 Å². The van der Waals surface area contributed by atoms with E-state index in [0.29, 0.717) is 19.3 Å². The van der Waals surface area contributed by atoms with Crippen LogP contribution in [0, 0.1) is 5.41 Å². The third-order valence-corrected chi connectivity index (χ3v) is 2.64. The van der Waals surface area contributed by atoms with Gasteiger partial charge in [0.05, 0.1) is 6.61 Å². The molecular weight excluding hydrogens is 210 g/mol. The van der Waals surface area contributed by atoms with Crippen molar-refractivity contribution in [1.29, 1.82) is 0 Å². The van der Waals surface area contributed by atoms with Gasteiger partial charge in [0.25, 0.3) is 0 Å². The van der Waals surface area contributed by atoms with Crippen molar-refractivity contribution >= 4 is 17.7 Å². The van der Waals surface area contributed by atoms with Gasteiger partial charge in [0.15, 0.2) is 5.78 Å². The molecule has 0 aromatic heterocycles. The fourth-order valence-electron chi connectivity index (χ4n) is 1.83. The minimum absolute atomic E-state index is 0.205. The van der Waals surface area contributed by atoms with Gasteiger partial charge in [0.2, 0.25) is 5.91 Å². The maximum absolute atomic E-state index is 11.7. The molecule has 1 amide bonds. The van der Waals surface area contributed by atoms with Crippen molar-refractivity contribution in [3.63, 3.8) is 0 Å². The van der Waals surface area contributed by atoms with Crippen LogP contribution in [0.4, 0.5) is 0 Å². The lowest BCUT2D eigenvalue weighted by Crippen LogP contribution is -2.35. The first kappa shape index (κ1) is 12.4. The van der Waals surface area contributed by atoms with Crippen molar-refractivity contribution in [2.24, 2.45) is 11.1 Å².